The van der Waals surface area contributed by atoms with E-state index < -0.39 is 0 Å². The third kappa shape index (κ3) is 9.87. The molecule has 1 atom stereocenters. The van der Waals surface area contributed by atoms with E-state index in [1.54, 1.807) is 0 Å². The molecule has 1 heteroatoms. The molecule has 0 amide bonds. The molecule has 22 heavy (non-hydrogen) atoms. The lowest BCUT2D eigenvalue weighted by Crippen LogP contribution is -2.38. The molecule has 1 nitrogen and oxygen atoms in total. The van der Waals surface area contributed by atoms with Gasteiger partial charge < -0.3 is 5.11 Å². The highest BCUT2D eigenvalue weighted by Gasteiger charge is 2.33. The van der Waals surface area contributed by atoms with Crippen LogP contribution in [0.4, 0.5) is 0 Å². The standard InChI is InChI=1S/C21H44O/c1-5-9-11-12-13-15-17-20(16-14-10-6-2)21(22,18-7-3)19-8-4/h20,22H,5-19H2,1-4H3. The molecule has 134 valence electrons. The second kappa shape index (κ2) is 14.5. The van der Waals surface area contributed by atoms with E-state index in [9.17, 15) is 5.11 Å². The Morgan fingerprint density at radius 3 is 1.50 bits per heavy atom. The first-order valence-corrected chi connectivity index (χ1v) is 10.4. The Labute approximate surface area is 141 Å². The van der Waals surface area contributed by atoms with Crippen LogP contribution in [0.5, 0.6) is 0 Å². The predicted octanol–water partition coefficient (Wildman–Crippen LogP) is 7.26. The van der Waals surface area contributed by atoms with Crippen molar-refractivity contribution in [3.8, 4) is 0 Å². The van der Waals surface area contributed by atoms with Crippen molar-refractivity contribution in [2.45, 2.75) is 130 Å². The molecule has 0 saturated carbocycles. The van der Waals surface area contributed by atoms with E-state index in [1.165, 1.54) is 70.6 Å². The number of unbranched alkanes of at least 4 members (excludes halogenated alkanes) is 7. The molecule has 0 saturated heterocycles. The van der Waals surface area contributed by atoms with Crippen molar-refractivity contribution < 1.29 is 5.11 Å². The van der Waals surface area contributed by atoms with Gasteiger partial charge in [0.1, 0.15) is 0 Å². The van der Waals surface area contributed by atoms with Crippen LogP contribution in [0, 0.1) is 5.92 Å². The first-order valence-electron chi connectivity index (χ1n) is 10.4. The van der Waals surface area contributed by atoms with Crippen molar-refractivity contribution >= 4 is 0 Å². The molecular formula is C21H44O. The minimum Gasteiger partial charge on any atom is -0.390 e. The fourth-order valence-corrected chi connectivity index (χ4v) is 3.89. The zero-order valence-corrected chi connectivity index (χ0v) is 16.1. The van der Waals surface area contributed by atoms with Crippen LogP contribution >= 0.6 is 0 Å². The summed E-state index contributed by atoms with van der Waals surface area (Å²) in [6, 6.07) is 0. The molecule has 0 fully saturated rings. The van der Waals surface area contributed by atoms with Crippen LogP contribution in [-0.2, 0) is 0 Å². The number of rotatable bonds is 16. The fourth-order valence-electron chi connectivity index (χ4n) is 3.89. The topological polar surface area (TPSA) is 20.2 Å². The molecule has 0 aromatic carbocycles. The minimum atomic E-state index is -0.388. The van der Waals surface area contributed by atoms with Crippen LogP contribution in [0.2, 0.25) is 0 Å². The van der Waals surface area contributed by atoms with Gasteiger partial charge in [-0.3, -0.25) is 0 Å². The van der Waals surface area contributed by atoms with Gasteiger partial charge in [-0.25, -0.2) is 0 Å². The lowest BCUT2D eigenvalue weighted by Gasteiger charge is -2.37. The Morgan fingerprint density at radius 2 is 1.00 bits per heavy atom. The van der Waals surface area contributed by atoms with E-state index in [2.05, 4.69) is 27.7 Å². The van der Waals surface area contributed by atoms with Crippen molar-refractivity contribution in [3.63, 3.8) is 0 Å². The van der Waals surface area contributed by atoms with Crippen LogP contribution in [0.3, 0.4) is 0 Å². The first kappa shape index (κ1) is 22.0. The van der Waals surface area contributed by atoms with Crippen LogP contribution in [0.25, 0.3) is 0 Å². The zero-order valence-electron chi connectivity index (χ0n) is 16.1. The summed E-state index contributed by atoms with van der Waals surface area (Å²) in [5, 5.41) is 11.2. The molecule has 1 N–H and O–H groups in total. The van der Waals surface area contributed by atoms with Gasteiger partial charge in [-0.15, -0.1) is 0 Å². The summed E-state index contributed by atoms with van der Waals surface area (Å²) >= 11 is 0. The molecular weight excluding hydrogens is 268 g/mol. The molecule has 0 heterocycles. The Balaban J connectivity index is 4.37. The van der Waals surface area contributed by atoms with Gasteiger partial charge in [0.15, 0.2) is 0 Å². The Hall–Kier alpha value is -0.0400. The van der Waals surface area contributed by atoms with Gasteiger partial charge in [-0.2, -0.15) is 0 Å². The van der Waals surface area contributed by atoms with E-state index in [1.807, 2.05) is 0 Å². The Morgan fingerprint density at radius 1 is 0.591 bits per heavy atom. The average molecular weight is 313 g/mol. The fraction of sp³-hybridized carbons (Fsp3) is 1.00. The largest absolute Gasteiger partial charge is 0.390 e. The van der Waals surface area contributed by atoms with Gasteiger partial charge in [0.25, 0.3) is 0 Å². The van der Waals surface area contributed by atoms with E-state index in [0.29, 0.717) is 5.92 Å². The van der Waals surface area contributed by atoms with Crippen molar-refractivity contribution in [1.82, 2.24) is 0 Å². The second-order valence-electron chi connectivity index (χ2n) is 7.35. The maximum Gasteiger partial charge on any atom is 0.0675 e. The van der Waals surface area contributed by atoms with Crippen LogP contribution in [0.1, 0.15) is 124 Å². The third-order valence-corrected chi connectivity index (χ3v) is 5.19. The summed E-state index contributed by atoms with van der Waals surface area (Å²) in [5.74, 6) is 0.533. The van der Waals surface area contributed by atoms with E-state index in [-0.39, 0.29) is 5.60 Å². The van der Waals surface area contributed by atoms with Crippen LogP contribution < -0.4 is 0 Å². The molecule has 0 aliphatic rings. The SMILES string of the molecule is CCCCCCCCC(CCCCC)C(O)(CCC)CCC. The molecule has 0 radical (unpaired) electrons. The number of aliphatic hydroxyl groups is 1. The lowest BCUT2D eigenvalue weighted by molar-refractivity contribution is -0.0430. The molecule has 0 aliphatic heterocycles. The summed E-state index contributed by atoms with van der Waals surface area (Å²) in [6.07, 6.45) is 18.7. The van der Waals surface area contributed by atoms with Gasteiger partial charge in [0, 0.05) is 0 Å². The zero-order chi connectivity index (χ0) is 16.7. The Bertz CT molecular complexity index is 218. The minimum absolute atomic E-state index is 0.388. The highest BCUT2D eigenvalue weighted by molar-refractivity contribution is 4.86. The molecule has 0 rings (SSSR count). The quantitative estimate of drug-likeness (QED) is 0.297. The average Bonchev–Trinajstić information content (AvgIpc) is 2.49. The number of hydrogen-bond donors (Lipinski definition) is 1. The lowest BCUT2D eigenvalue weighted by atomic mass is 9.75. The summed E-state index contributed by atoms with van der Waals surface area (Å²) in [6.45, 7) is 8.98. The normalized spacial score (nSPS) is 13.5. The van der Waals surface area contributed by atoms with E-state index in [0.717, 1.165) is 25.7 Å². The first-order chi connectivity index (χ1) is 10.6. The van der Waals surface area contributed by atoms with Crippen molar-refractivity contribution in [2.75, 3.05) is 0 Å². The molecule has 0 aromatic heterocycles. The van der Waals surface area contributed by atoms with Gasteiger partial charge in [0.05, 0.1) is 5.60 Å². The molecule has 0 aromatic rings. The van der Waals surface area contributed by atoms with Gasteiger partial charge in [-0.1, -0.05) is 98.3 Å². The van der Waals surface area contributed by atoms with Gasteiger partial charge in [-0.05, 0) is 31.6 Å². The monoisotopic (exact) mass is 312 g/mol. The summed E-state index contributed by atoms with van der Waals surface area (Å²) in [5.41, 5.74) is -0.388. The summed E-state index contributed by atoms with van der Waals surface area (Å²) in [4.78, 5) is 0. The smallest absolute Gasteiger partial charge is 0.0675 e. The van der Waals surface area contributed by atoms with Gasteiger partial charge in [0.2, 0.25) is 0 Å². The summed E-state index contributed by atoms with van der Waals surface area (Å²) in [7, 11) is 0. The third-order valence-electron chi connectivity index (χ3n) is 5.19. The van der Waals surface area contributed by atoms with E-state index >= 15 is 0 Å². The number of hydrogen-bond acceptors (Lipinski definition) is 1. The van der Waals surface area contributed by atoms with Crippen LogP contribution in [-0.4, -0.2) is 10.7 Å². The second-order valence-corrected chi connectivity index (χ2v) is 7.35. The highest BCUT2D eigenvalue weighted by atomic mass is 16.3. The van der Waals surface area contributed by atoms with Crippen molar-refractivity contribution in [1.29, 1.82) is 0 Å². The van der Waals surface area contributed by atoms with E-state index in [4.69, 9.17) is 0 Å². The molecule has 0 bridgehead atoms. The molecule has 0 aliphatic carbocycles. The molecule has 0 spiro atoms. The highest BCUT2D eigenvalue weighted by Crippen LogP contribution is 2.35. The molecule has 1 unspecified atom stereocenters. The van der Waals surface area contributed by atoms with Crippen molar-refractivity contribution in [2.24, 2.45) is 5.92 Å². The van der Waals surface area contributed by atoms with Crippen LogP contribution in [0.15, 0.2) is 0 Å². The van der Waals surface area contributed by atoms with Gasteiger partial charge >= 0.3 is 0 Å². The predicted molar refractivity (Wildman–Crippen MR) is 100 cm³/mol. The Kier molecular flexibility index (Phi) is 14.5. The maximum atomic E-state index is 11.2. The van der Waals surface area contributed by atoms with Crippen molar-refractivity contribution in [3.05, 3.63) is 0 Å². The maximum absolute atomic E-state index is 11.2. The summed E-state index contributed by atoms with van der Waals surface area (Å²) < 4.78 is 0.